The lowest BCUT2D eigenvalue weighted by molar-refractivity contribution is 0.102. The molecule has 2 aromatic heterocycles. The van der Waals surface area contributed by atoms with Crippen LogP contribution in [0, 0.1) is 0 Å². The highest BCUT2D eigenvalue weighted by atomic mass is 16.2. The molecular weight excluding hydrogens is 220 g/mol. The standard InChI is InChI=1S/C10H14N6O/c1-2-3-6-4-9(16-13-6)12-10(17)7-5-8(11)15-14-7/h4-5H,2-3H2,1H3,(H3,11,14,15)(H2,12,13,16,17). The number of hydrogen-bond acceptors (Lipinski definition) is 4. The summed E-state index contributed by atoms with van der Waals surface area (Å²) in [5.74, 6) is 0.458. The number of amides is 1. The van der Waals surface area contributed by atoms with E-state index in [1.165, 1.54) is 6.07 Å². The number of aryl methyl sites for hydroxylation is 1. The van der Waals surface area contributed by atoms with Crippen molar-refractivity contribution >= 4 is 17.5 Å². The molecule has 2 aromatic rings. The number of nitrogens with one attached hydrogen (secondary N) is 3. The van der Waals surface area contributed by atoms with Crippen LogP contribution >= 0.6 is 0 Å². The Hall–Kier alpha value is -2.31. The lowest BCUT2D eigenvalue weighted by atomic mass is 10.2. The Balaban J connectivity index is 2.02. The molecule has 0 saturated carbocycles. The highest BCUT2D eigenvalue weighted by Gasteiger charge is 2.10. The van der Waals surface area contributed by atoms with E-state index < -0.39 is 0 Å². The minimum absolute atomic E-state index is 0.281. The molecule has 0 fully saturated rings. The summed E-state index contributed by atoms with van der Waals surface area (Å²) in [7, 11) is 0. The van der Waals surface area contributed by atoms with Gasteiger partial charge < -0.3 is 11.1 Å². The maximum Gasteiger partial charge on any atom is 0.274 e. The Bertz CT molecular complexity index is 514. The van der Waals surface area contributed by atoms with Crippen LogP contribution in [0.5, 0.6) is 0 Å². The smallest absolute Gasteiger partial charge is 0.274 e. The van der Waals surface area contributed by atoms with Gasteiger partial charge in [0.15, 0.2) is 5.82 Å². The fraction of sp³-hybridized carbons (Fsp3) is 0.300. The predicted molar refractivity (Wildman–Crippen MR) is 63.5 cm³/mol. The Morgan fingerprint density at radius 1 is 1.41 bits per heavy atom. The Morgan fingerprint density at radius 3 is 2.88 bits per heavy atom. The molecule has 0 atom stereocenters. The van der Waals surface area contributed by atoms with E-state index in [1.54, 1.807) is 6.07 Å². The predicted octanol–water partition coefficient (Wildman–Crippen LogP) is 0.920. The molecule has 2 heterocycles. The summed E-state index contributed by atoms with van der Waals surface area (Å²) >= 11 is 0. The topological polar surface area (TPSA) is 112 Å². The first-order chi connectivity index (χ1) is 8.19. The van der Waals surface area contributed by atoms with Gasteiger partial charge in [0.1, 0.15) is 11.5 Å². The van der Waals surface area contributed by atoms with Gasteiger partial charge in [-0.25, -0.2) is 0 Å². The number of nitrogens with two attached hydrogens (primary N) is 1. The molecule has 90 valence electrons. The summed E-state index contributed by atoms with van der Waals surface area (Å²) in [5.41, 5.74) is 6.71. The number of H-pyrrole nitrogens is 2. The van der Waals surface area contributed by atoms with Crippen molar-refractivity contribution in [1.29, 1.82) is 0 Å². The van der Waals surface area contributed by atoms with Gasteiger partial charge in [-0.3, -0.25) is 15.0 Å². The average Bonchev–Trinajstić information content (AvgIpc) is 2.88. The average molecular weight is 234 g/mol. The van der Waals surface area contributed by atoms with Crippen LogP contribution in [-0.2, 0) is 6.42 Å². The van der Waals surface area contributed by atoms with Crippen LogP contribution in [0.1, 0.15) is 29.5 Å². The minimum atomic E-state index is -0.316. The second kappa shape index (κ2) is 4.69. The van der Waals surface area contributed by atoms with E-state index in [-0.39, 0.29) is 11.7 Å². The van der Waals surface area contributed by atoms with E-state index >= 15 is 0 Å². The summed E-state index contributed by atoms with van der Waals surface area (Å²) in [6.45, 7) is 2.08. The first kappa shape index (κ1) is 11.2. The van der Waals surface area contributed by atoms with Crippen molar-refractivity contribution in [3.05, 3.63) is 23.5 Å². The molecule has 0 bridgehead atoms. The van der Waals surface area contributed by atoms with E-state index in [0.29, 0.717) is 11.5 Å². The summed E-state index contributed by atoms with van der Waals surface area (Å²) in [4.78, 5) is 11.7. The van der Waals surface area contributed by atoms with Crippen LogP contribution in [0.2, 0.25) is 0 Å². The summed E-state index contributed by atoms with van der Waals surface area (Å²) in [6, 6.07) is 3.27. The van der Waals surface area contributed by atoms with Gasteiger partial charge >= 0.3 is 0 Å². The third-order valence-electron chi connectivity index (χ3n) is 2.23. The first-order valence-electron chi connectivity index (χ1n) is 5.35. The highest BCUT2D eigenvalue weighted by Crippen LogP contribution is 2.09. The fourth-order valence-corrected chi connectivity index (χ4v) is 1.46. The molecule has 0 unspecified atom stereocenters. The van der Waals surface area contributed by atoms with Crippen molar-refractivity contribution in [3.63, 3.8) is 0 Å². The highest BCUT2D eigenvalue weighted by molar-refractivity contribution is 6.02. The Morgan fingerprint density at radius 2 is 2.24 bits per heavy atom. The van der Waals surface area contributed by atoms with Gasteiger partial charge in [0.2, 0.25) is 0 Å². The summed E-state index contributed by atoms with van der Waals surface area (Å²) in [6.07, 6.45) is 1.92. The normalized spacial score (nSPS) is 10.4. The maximum absolute atomic E-state index is 11.7. The molecule has 0 radical (unpaired) electrons. The van der Waals surface area contributed by atoms with Crippen LogP contribution < -0.4 is 11.1 Å². The number of nitrogen functional groups attached to an aromatic ring is 1. The molecule has 0 aliphatic heterocycles. The number of rotatable bonds is 4. The number of carbonyl (C=O) groups excluding carboxylic acids is 1. The second-order valence-electron chi connectivity index (χ2n) is 3.69. The monoisotopic (exact) mass is 234 g/mol. The molecular formula is C10H14N6O. The number of hydrogen-bond donors (Lipinski definition) is 4. The number of nitrogens with zero attached hydrogens (tertiary/aromatic N) is 2. The molecule has 5 N–H and O–H groups in total. The van der Waals surface area contributed by atoms with Crippen LogP contribution in [-0.4, -0.2) is 26.3 Å². The SMILES string of the molecule is CCCc1cc(NC(=O)c2cc(N)n[nH]2)n[nH]1. The van der Waals surface area contributed by atoms with Gasteiger partial charge in [-0.15, -0.1) is 0 Å². The molecule has 7 heteroatoms. The van der Waals surface area contributed by atoms with Crippen molar-refractivity contribution in [1.82, 2.24) is 20.4 Å². The third-order valence-corrected chi connectivity index (χ3v) is 2.23. The van der Waals surface area contributed by atoms with Crippen LogP contribution in [0.3, 0.4) is 0 Å². The quantitative estimate of drug-likeness (QED) is 0.630. The van der Waals surface area contributed by atoms with E-state index in [1.807, 2.05) is 0 Å². The number of anilines is 2. The zero-order chi connectivity index (χ0) is 12.3. The minimum Gasteiger partial charge on any atom is -0.382 e. The number of aromatic nitrogens is 4. The summed E-state index contributed by atoms with van der Waals surface area (Å²) in [5, 5.41) is 15.7. The molecule has 0 spiro atoms. The largest absolute Gasteiger partial charge is 0.382 e. The van der Waals surface area contributed by atoms with Gasteiger partial charge in [0.25, 0.3) is 5.91 Å². The van der Waals surface area contributed by atoms with Crippen LogP contribution in [0.4, 0.5) is 11.6 Å². The Kier molecular flexibility index (Phi) is 3.08. The van der Waals surface area contributed by atoms with Crippen molar-refractivity contribution in [2.45, 2.75) is 19.8 Å². The third kappa shape index (κ3) is 2.63. The molecule has 0 saturated heterocycles. The maximum atomic E-state index is 11.7. The molecule has 17 heavy (non-hydrogen) atoms. The van der Waals surface area contributed by atoms with E-state index in [2.05, 4.69) is 32.6 Å². The molecule has 0 aromatic carbocycles. The lowest BCUT2D eigenvalue weighted by Gasteiger charge is -1.97. The fourth-order valence-electron chi connectivity index (χ4n) is 1.46. The van der Waals surface area contributed by atoms with Gasteiger partial charge in [0, 0.05) is 17.8 Å². The van der Waals surface area contributed by atoms with Crippen LogP contribution in [0.25, 0.3) is 0 Å². The van der Waals surface area contributed by atoms with Crippen molar-refractivity contribution in [2.24, 2.45) is 0 Å². The summed E-state index contributed by atoms with van der Waals surface area (Å²) < 4.78 is 0. The van der Waals surface area contributed by atoms with Crippen molar-refractivity contribution in [2.75, 3.05) is 11.1 Å². The van der Waals surface area contributed by atoms with Crippen LogP contribution in [0.15, 0.2) is 12.1 Å². The van der Waals surface area contributed by atoms with Crippen molar-refractivity contribution in [3.8, 4) is 0 Å². The van der Waals surface area contributed by atoms with E-state index in [9.17, 15) is 4.79 Å². The number of carbonyl (C=O) groups is 1. The molecule has 1 amide bonds. The first-order valence-corrected chi connectivity index (χ1v) is 5.35. The Labute approximate surface area is 97.8 Å². The zero-order valence-corrected chi connectivity index (χ0v) is 9.45. The molecule has 0 aliphatic carbocycles. The van der Waals surface area contributed by atoms with Crippen molar-refractivity contribution < 1.29 is 4.79 Å². The molecule has 0 aliphatic rings. The van der Waals surface area contributed by atoms with E-state index in [0.717, 1.165) is 18.5 Å². The van der Waals surface area contributed by atoms with E-state index in [4.69, 9.17) is 5.73 Å². The second-order valence-corrected chi connectivity index (χ2v) is 3.69. The lowest BCUT2D eigenvalue weighted by Crippen LogP contribution is -2.12. The van der Waals surface area contributed by atoms with Gasteiger partial charge in [-0.1, -0.05) is 13.3 Å². The molecule has 2 rings (SSSR count). The number of aromatic amines is 2. The van der Waals surface area contributed by atoms with Gasteiger partial charge in [0.05, 0.1) is 0 Å². The van der Waals surface area contributed by atoms with Gasteiger partial charge in [-0.05, 0) is 6.42 Å². The molecule has 7 nitrogen and oxygen atoms in total. The zero-order valence-electron chi connectivity index (χ0n) is 9.45. The van der Waals surface area contributed by atoms with Gasteiger partial charge in [-0.2, -0.15) is 10.2 Å².